The molecule has 0 aliphatic heterocycles. The van der Waals surface area contributed by atoms with Crippen LogP contribution in [0.2, 0.25) is 0 Å². The maximum absolute atomic E-state index is 12.6. The monoisotopic (exact) mass is 409 g/mol. The van der Waals surface area contributed by atoms with Crippen molar-refractivity contribution < 1.29 is 23.8 Å². The summed E-state index contributed by atoms with van der Waals surface area (Å²) >= 11 is 0. The topological polar surface area (TPSA) is 91.7 Å². The molecule has 1 N–H and O–H groups in total. The number of esters is 1. The van der Waals surface area contributed by atoms with E-state index >= 15 is 0 Å². The van der Waals surface area contributed by atoms with E-state index in [1.54, 1.807) is 36.7 Å². The molecule has 156 valence electrons. The van der Waals surface area contributed by atoms with E-state index < -0.39 is 18.5 Å². The largest absolute Gasteiger partial charge is 0.497 e. The van der Waals surface area contributed by atoms with Gasteiger partial charge in [0, 0.05) is 6.07 Å². The van der Waals surface area contributed by atoms with Crippen LogP contribution in [0.15, 0.2) is 48.5 Å². The van der Waals surface area contributed by atoms with E-state index in [1.807, 2.05) is 30.3 Å². The molecular formula is C22H23N3O5. The first-order valence-corrected chi connectivity index (χ1v) is 9.25. The van der Waals surface area contributed by atoms with Crippen molar-refractivity contribution in [2.45, 2.75) is 13.8 Å². The van der Waals surface area contributed by atoms with E-state index in [4.69, 9.17) is 14.2 Å². The lowest BCUT2D eigenvalue weighted by Gasteiger charge is -2.12. The molecule has 3 aromatic rings. The molecule has 0 saturated carbocycles. The molecule has 0 fully saturated rings. The normalized spacial score (nSPS) is 10.4. The lowest BCUT2D eigenvalue weighted by molar-refractivity contribution is -0.119. The highest BCUT2D eigenvalue weighted by atomic mass is 16.5. The number of anilines is 1. The van der Waals surface area contributed by atoms with Crippen LogP contribution in [0.25, 0.3) is 5.69 Å². The summed E-state index contributed by atoms with van der Waals surface area (Å²) in [5, 5.41) is 7.08. The zero-order chi connectivity index (χ0) is 21.7. The molecule has 30 heavy (non-hydrogen) atoms. The fraction of sp³-hybridized carbons (Fsp3) is 0.227. The molecule has 0 bridgehead atoms. The van der Waals surface area contributed by atoms with Gasteiger partial charge in [-0.05, 0) is 38.1 Å². The van der Waals surface area contributed by atoms with E-state index in [-0.39, 0.29) is 0 Å². The second kappa shape index (κ2) is 9.13. The minimum atomic E-state index is -0.611. The number of aromatic nitrogens is 2. The van der Waals surface area contributed by atoms with Crippen LogP contribution in [-0.4, -0.2) is 42.5 Å². The Kier molecular flexibility index (Phi) is 6.36. The van der Waals surface area contributed by atoms with Gasteiger partial charge in [0.15, 0.2) is 6.61 Å². The van der Waals surface area contributed by atoms with Gasteiger partial charge in [0.1, 0.15) is 17.1 Å². The maximum atomic E-state index is 12.6. The summed E-state index contributed by atoms with van der Waals surface area (Å²) in [5.41, 5.74) is 2.75. The van der Waals surface area contributed by atoms with Gasteiger partial charge in [-0.2, -0.15) is 5.10 Å². The van der Waals surface area contributed by atoms with E-state index in [9.17, 15) is 9.59 Å². The SMILES string of the molecule is COc1ccc(OC)c(NC(=O)COC(=O)c2c(C)nn(-c3ccccc3)c2C)c1. The van der Waals surface area contributed by atoms with Gasteiger partial charge in [-0.25, -0.2) is 9.48 Å². The van der Waals surface area contributed by atoms with Gasteiger partial charge in [0.05, 0.1) is 37.0 Å². The van der Waals surface area contributed by atoms with Gasteiger partial charge in [0.2, 0.25) is 0 Å². The fourth-order valence-corrected chi connectivity index (χ4v) is 3.06. The van der Waals surface area contributed by atoms with Crippen molar-refractivity contribution >= 4 is 17.6 Å². The molecule has 0 radical (unpaired) electrons. The zero-order valence-corrected chi connectivity index (χ0v) is 17.3. The average Bonchev–Trinajstić information content (AvgIpc) is 3.06. The number of carbonyl (C=O) groups is 2. The molecule has 0 saturated heterocycles. The predicted octanol–water partition coefficient (Wildman–Crippen LogP) is 3.30. The molecule has 1 aromatic heterocycles. The Morgan fingerprint density at radius 3 is 2.43 bits per heavy atom. The van der Waals surface area contributed by atoms with Crippen LogP contribution in [0.5, 0.6) is 11.5 Å². The average molecular weight is 409 g/mol. The van der Waals surface area contributed by atoms with Crippen LogP contribution in [0.1, 0.15) is 21.7 Å². The van der Waals surface area contributed by atoms with Crippen LogP contribution in [0.3, 0.4) is 0 Å². The van der Waals surface area contributed by atoms with Gasteiger partial charge in [-0.15, -0.1) is 0 Å². The van der Waals surface area contributed by atoms with E-state index in [2.05, 4.69) is 10.4 Å². The fourth-order valence-electron chi connectivity index (χ4n) is 3.06. The smallest absolute Gasteiger partial charge is 0.342 e. The highest BCUT2D eigenvalue weighted by molar-refractivity contribution is 5.97. The molecule has 0 unspecified atom stereocenters. The van der Waals surface area contributed by atoms with E-state index in [1.165, 1.54) is 14.2 Å². The summed E-state index contributed by atoms with van der Waals surface area (Å²) in [6.45, 7) is 3.06. The summed E-state index contributed by atoms with van der Waals surface area (Å²) in [7, 11) is 3.02. The molecule has 0 aliphatic carbocycles. The first-order valence-electron chi connectivity index (χ1n) is 9.25. The molecule has 0 aliphatic rings. The summed E-state index contributed by atoms with van der Waals surface area (Å²) in [6.07, 6.45) is 0. The second-order valence-electron chi connectivity index (χ2n) is 6.48. The third-order valence-electron chi connectivity index (χ3n) is 4.51. The quantitative estimate of drug-likeness (QED) is 0.602. The number of rotatable bonds is 7. The number of amides is 1. The summed E-state index contributed by atoms with van der Waals surface area (Å²) in [4.78, 5) is 24.9. The van der Waals surface area contributed by atoms with Crippen molar-refractivity contribution in [3.63, 3.8) is 0 Å². The van der Waals surface area contributed by atoms with Gasteiger partial charge in [-0.3, -0.25) is 4.79 Å². The van der Waals surface area contributed by atoms with Gasteiger partial charge < -0.3 is 19.5 Å². The second-order valence-corrected chi connectivity index (χ2v) is 6.48. The Hall–Kier alpha value is -3.81. The number of benzene rings is 2. The molecule has 8 nitrogen and oxygen atoms in total. The van der Waals surface area contributed by atoms with Crippen LogP contribution in [-0.2, 0) is 9.53 Å². The van der Waals surface area contributed by atoms with E-state index in [0.717, 1.165) is 5.69 Å². The Balaban J connectivity index is 1.69. The first kappa shape index (κ1) is 20.9. The van der Waals surface area contributed by atoms with Crippen molar-refractivity contribution in [3.05, 3.63) is 65.5 Å². The number of nitrogens with zero attached hydrogens (tertiary/aromatic N) is 2. The molecule has 2 aromatic carbocycles. The van der Waals surface area contributed by atoms with Crippen molar-refractivity contribution in [2.75, 3.05) is 26.1 Å². The highest BCUT2D eigenvalue weighted by Crippen LogP contribution is 2.28. The summed E-state index contributed by atoms with van der Waals surface area (Å²) in [6, 6.07) is 14.5. The number of aryl methyl sites for hydroxylation is 1. The third-order valence-corrected chi connectivity index (χ3v) is 4.51. The van der Waals surface area contributed by atoms with Crippen LogP contribution in [0.4, 0.5) is 5.69 Å². The molecule has 8 heteroatoms. The number of hydrogen-bond acceptors (Lipinski definition) is 6. The molecule has 3 rings (SSSR count). The van der Waals surface area contributed by atoms with Crippen LogP contribution in [0, 0.1) is 13.8 Å². The molecule has 1 amide bonds. The Bertz CT molecular complexity index is 1060. The standard InChI is InChI=1S/C22H23N3O5/c1-14-21(15(2)25(24-14)16-8-6-5-7-9-16)22(27)30-13-20(26)23-18-12-17(28-3)10-11-19(18)29-4/h5-12H,13H2,1-4H3,(H,23,26). The molecule has 0 atom stereocenters. The Labute approximate surface area is 174 Å². The molecule has 0 spiro atoms. The lowest BCUT2D eigenvalue weighted by Crippen LogP contribution is -2.21. The van der Waals surface area contributed by atoms with Crippen LogP contribution < -0.4 is 14.8 Å². The number of methoxy groups -OCH3 is 2. The summed E-state index contributed by atoms with van der Waals surface area (Å²) < 4.78 is 17.3. The van der Waals surface area contributed by atoms with E-state index in [0.29, 0.717) is 34.1 Å². The predicted molar refractivity (Wildman–Crippen MR) is 111 cm³/mol. The van der Waals surface area contributed by atoms with Gasteiger partial charge in [-0.1, -0.05) is 18.2 Å². The highest BCUT2D eigenvalue weighted by Gasteiger charge is 2.22. The maximum Gasteiger partial charge on any atom is 0.342 e. The number of para-hydroxylation sites is 1. The van der Waals surface area contributed by atoms with Crippen molar-refractivity contribution in [1.82, 2.24) is 9.78 Å². The van der Waals surface area contributed by atoms with Crippen molar-refractivity contribution in [3.8, 4) is 17.2 Å². The Morgan fingerprint density at radius 1 is 1.03 bits per heavy atom. The molecule has 1 heterocycles. The van der Waals surface area contributed by atoms with Gasteiger partial charge in [0.25, 0.3) is 5.91 Å². The third kappa shape index (κ3) is 4.43. The zero-order valence-electron chi connectivity index (χ0n) is 17.3. The van der Waals surface area contributed by atoms with Gasteiger partial charge >= 0.3 is 5.97 Å². The lowest BCUT2D eigenvalue weighted by atomic mass is 10.2. The molecular weight excluding hydrogens is 386 g/mol. The minimum absolute atomic E-state index is 0.339. The summed E-state index contributed by atoms with van der Waals surface area (Å²) in [5.74, 6) is -0.0884. The first-order chi connectivity index (χ1) is 14.4. The van der Waals surface area contributed by atoms with Crippen molar-refractivity contribution in [2.24, 2.45) is 0 Å². The number of hydrogen-bond donors (Lipinski definition) is 1. The van der Waals surface area contributed by atoms with Crippen LogP contribution >= 0.6 is 0 Å². The number of nitrogens with one attached hydrogen (secondary N) is 1. The minimum Gasteiger partial charge on any atom is -0.497 e. The van der Waals surface area contributed by atoms with Crippen molar-refractivity contribution in [1.29, 1.82) is 0 Å². The Morgan fingerprint density at radius 2 is 1.77 bits per heavy atom. The number of ether oxygens (including phenoxy) is 3. The number of carbonyl (C=O) groups excluding carboxylic acids is 2.